The van der Waals surface area contributed by atoms with Gasteiger partial charge in [-0.2, -0.15) is 0 Å². The summed E-state index contributed by atoms with van der Waals surface area (Å²) in [6, 6.07) is 18.0. The number of piperazine rings is 1. The van der Waals surface area contributed by atoms with E-state index in [4.69, 9.17) is 11.6 Å². The van der Waals surface area contributed by atoms with Gasteiger partial charge in [0.15, 0.2) is 0 Å². The Hall–Kier alpha value is -3.10. The van der Waals surface area contributed by atoms with Crippen molar-refractivity contribution in [2.24, 2.45) is 0 Å². The van der Waals surface area contributed by atoms with Crippen LogP contribution in [0.15, 0.2) is 71.6 Å². The molecule has 0 saturated carbocycles. The number of para-hydroxylation sites is 1. The molecular formula is C26H27ClFN3O3S. The molecule has 3 aromatic carbocycles. The maximum Gasteiger partial charge on any atom is 0.264 e. The maximum atomic E-state index is 14.2. The summed E-state index contributed by atoms with van der Waals surface area (Å²) >= 11 is 6.29. The lowest BCUT2D eigenvalue weighted by Gasteiger charge is -2.37. The van der Waals surface area contributed by atoms with E-state index in [-0.39, 0.29) is 23.2 Å². The number of rotatable bonds is 6. The minimum atomic E-state index is -4.03. The van der Waals surface area contributed by atoms with Gasteiger partial charge in [0.05, 0.1) is 16.3 Å². The Morgan fingerprint density at radius 1 is 0.971 bits per heavy atom. The Labute approximate surface area is 210 Å². The van der Waals surface area contributed by atoms with Crippen LogP contribution in [0.4, 0.5) is 15.8 Å². The summed E-state index contributed by atoms with van der Waals surface area (Å²) in [5, 5.41) is 0.414. The van der Waals surface area contributed by atoms with Crippen LogP contribution in [0.3, 0.4) is 0 Å². The number of amides is 1. The third kappa shape index (κ3) is 5.44. The van der Waals surface area contributed by atoms with Crippen LogP contribution < -0.4 is 9.21 Å². The highest BCUT2D eigenvalue weighted by Crippen LogP contribution is 2.29. The van der Waals surface area contributed by atoms with Crippen molar-refractivity contribution in [2.75, 3.05) is 41.9 Å². The molecule has 1 aliphatic heterocycles. The second-order valence-electron chi connectivity index (χ2n) is 8.58. The number of anilines is 2. The van der Waals surface area contributed by atoms with Gasteiger partial charge in [-0.15, -0.1) is 0 Å². The third-order valence-corrected chi connectivity index (χ3v) is 8.35. The van der Waals surface area contributed by atoms with E-state index in [1.54, 1.807) is 53.4 Å². The van der Waals surface area contributed by atoms with Gasteiger partial charge in [-0.05, 0) is 55.8 Å². The molecule has 0 atom stereocenters. The topological polar surface area (TPSA) is 60.9 Å². The zero-order chi connectivity index (χ0) is 25.2. The highest BCUT2D eigenvalue weighted by molar-refractivity contribution is 7.92. The molecule has 1 amide bonds. The SMILES string of the molecule is Cc1ccc(S(=O)(=O)N(CC(=O)N2CCN(c3ccccc3F)CC2)c2ccc(C)c(Cl)c2)cc1. The largest absolute Gasteiger partial charge is 0.366 e. The summed E-state index contributed by atoms with van der Waals surface area (Å²) in [7, 11) is -4.03. The molecule has 184 valence electrons. The van der Waals surface area contributed by atoms with Crippen molar-refractivity contribution < 1.29 is 17.6 Å². The van der Waals surface area contributed by atoms with Gasteiger partial charge >= 0.3 is 0 Å². The number of hydrogen-bond acceptors (Lipinski definition) is 4. The quantitative estimate of drug-likeness (QED) is 0.480. The highest BCUT2D eigenvalue weighted by Gasteiger charge is 2.31. The van der Waals surface area contributed by atoms with E-state index in [0.29, 0.717) is 42.6 Å². The fourth-order valence-electron chi connectivity index (χ4n) is 4.02. The summed E-state index contributed by atoms with van der Waals surface area (Å²) in [5.74, 6) is -0.635. The molecule has 0 aromatic heterocycles. The lowest BCUT2D eigenvalue weighted by molar-refractivity contribution is -0.129. The first kappa shape index (κ1) is 25.0. The first-order valence-corrected chi connectivity index (χ1v) is 13.1. The molecular weight excluding hydrogens is 489 g/mol. The van der Waals surface area contributed by atoms with Crippen LogP contribution in [0.1, 0.15) is 11.1 Å². The zero-order valence-corrected chi connectivity index (χ0v) is 21.2. The Kier molecular flexibility index (Phi) is 7.33. The van der Waals surface area contributed by atoms with Gasteiger partial charge < -0.3 is 9.80 Å². The molecule has 1 saturated heterocycles. The van der Waals surface area contributed by atoms with Crippen LogP contribution in [-0.2, 0) is 14.8 Å². The van der Waals surface area contributed by atoms with Gasteiger partial charge in [0.2, 0.25) is 5.91 Å². The van der Waals surface area contributed by atoms with Crippen molar-refractivity contribution in [3.05, 3.63) is 88.7 Å². The number of aryl methyl sites for hydroxylation is 2. The molecule has 0 spiro atoms. The second-order valence-corrected chi connectivity index (χ2v) is 10.8. The predicted octanol–water partition coefficient (Wildman–Crippen LogP) is 4.64. The van der Waals surface area contributed by atoms with Crippen molar-refractivity contribution in [1.29, 1.82) is 0 Å². The standard InChI is InChI=1S/C26H27ClFN3O3S/c1-19-7-11-22(12-8-19)35(33,34)31(21-10-9-20(2)23(27)17-21)18-26(32)30-15-13-29(14-16-30)25-6-4-3-5-24(25)28/h3-12,17H,13-16,18H2,1-2H3. The molecule has 9 heteroatoms. The average molecular weight is 516 g/mol. The van der Waals surface area contributed by atoms with Crippen molar-refractivity contribution in [3.8, 4) is 0 Å². The lowest BCUT2D eigenvalue weighted by Crippen LogP contribution is -2.52. The van der Waals surface area contributed by atoms with Gasteiger partial charge in [-0.3, -0.25) is 9.10 Å². The van der Waals surface area contributed by atoms with Crippen LogP contribution in [-0.4, -0.2) is 51.9 Å². The van der Waals surface area contributed by atoms with Crippen molar-refractivity contribution in [2.45, 2.75) is 18.7 Å². The minimum Gasteiger partial charge on any atom is -0.366 e. The summed E-state index contributed by atoms with van der Waals surface area (Å²) in [6.07, 6.45) is 0. The molecule has 35 heavy (non-hydrogen) atoms. The smallest absolute Gasteiger partial charge is 0.264 e. The first-order chi connectivity index (χ1) is 16.7. The van der Waals surface area contributed by atoms with Gasteiger partial charge in [0, 0.05) is 31.2 Å². The van der Waals surface area contributed by atoms with E-state index in [2.05, 4.69) is 0 Å². The molecule has 0 N–H and O–H groups in total. The average Bonchev–Trinajstić information content (AvgIpc) is 2.85. The molecule has 1 fully saturated rings. The maximum absolute atomic E-state index is 14.2. The third-order valence-electron chi connectivity index (χ3n) is 6.16. The monoisotopic (exact) mass is 515 g/mol. The van der Waals surface area contributed by atoms with E-state index < -0.39 is 10.0 Å². The molecule has 1 aliphatic rings. The normalized spacial score (nSPS) is 14.2. The van der Waals surface area contributed by atoms with E-state index >= 15 is 0 Å². The van der Waals surface area contributed by atoms with Gasteiger partial charge in [0.1, 0.15) is 12.4 Å². The summed E-state index contributed by atoms with van der Waals surface area (Å²) < 4.78 is 42.5. The fraction of sp³-hybridized carbons (Fsp3) is 0.269. The van der Waals surface area contributed by atoms with Crippen LogP contribution in [0, 0.1) is 19.7 Å². The van der Waals surface area contributed by atoms with E-state index in [0.717, 1.165) is 15.4 Å². The summed E-state index contributed by atoms with van der Waals surface area (Å²) in [4.78, 5) is 16.9. The Morgan fingerprint density at radius 3 is 2.26 bits per heavy atom. The van der Waals surface area contributed by atoms with Crippen LogP contribution in [0.25, 0.3) is 0 Å². The zero-order valence-electron chi connectivity index (χ0n) is 19.6. The molecule has 6 nitrogen and oxygen atoms in total. The fourth-order valence-corrected chi connectivity index (χ4v) is 5.60. The number of hydrogen-bond donors (Lipinski definition) is 0. The lowest BCUT2D eigenvalue weighted by atomic mass is 10.2. The van der Waals surface area contributed by atoms with Crippen molar-refractivity contribution in [1.82, 2.24) is 4.90 Å². The van der Waals surface area contributed by atoms with Gasteiger partial charge in [0.25, 0.3) is 10.0 Å². The van der Waals surface area contributed by atoms with E-state index in [9.17, 15) is 17.6 Å². The number of halogens is 2. The Balaban J connectivity index is 1.56. The second kappa shape index (κ2) is 10.3. The van der Waals surface area contributed by atoms with Gasteiger partial charge in [-0.1, -0.05) is 47.5 Å². The number of nitrogens with zero attached hydrogens (tertiary/aromatic N) is 3. The number of benzene rings is 3. The van der Waals surface area contributed by atoms with E-state index in [1.807, 2.05) is 18.7 Å². The number of sulfonamides is 1. The Morgan fingerprint density at radius 2 is 1.63 bits per heavy atom. The van der Waals surface area contributed by atoms with Crippen LogP contribution in [0.2, 0.25) is 5.02 Å². The molecule has 0 aliphatic carbocycles. The summed E-state index contributed by atoms with van der Waals surface area (Å²) in [6.45, 7) is 4.96. The van der Waals surface area contributed by atoms with Crippen LogP contribution in [0.5, 0.6) is 0 Å². The molecule has 0 bridgehead atoms. The van der Waals surface area contributed by atoms with Crippen molar-refractivity contribution in [3.63, 3.8) is 0 Å². The molecule has 0 unspecified atom stereocenters. The predicted molar refractivity (Wildman–Crippen MR) is 137 cm³/mol. The van der Waals surface area contributed by atoms with Crippen LogP contribution >= 0.6 is 11.6 Å². The highest BCUT2D eigenvalue weighted by atomic mass is 35.5. The molecule has 4 rings (SSSR count). The van der Waals surface area contributed by atoms with Crippen molar-refractivity contribution >= 4 is 38.9 Å². The van der Waals surface area contributed by atoms with E-state index in [1.165, 1.54) is 18.2 Å². The minimum absolute atomic E-state index is 0.0944. The summed E-state index contributed by atoms with van der Waals surface area (Å²) in [5.41, 5.74) is 2.55. The number of carbonyl (C=O) groups excluding carboxylic acids is 1. The van der Waals surface area contributed by atoms with Gasteiger partial charge in [-0.25, -0.2) is 12.8 Å². The molecule has 3 aromatic rings. The first-order valence-electron chi connectivity index (χ1n) is 11.3. The Bertz CT molecular complexity index is 1320. The number of carbonyl (C=O) groups is 1. The molecule has 1 heterocycles. The molecule has 0 radical (unpaired) electrons.